The summed E-state index contributed by atoms with van der Waals surface area (Å²) < 4.78 is 12.0. The van der Waals surface area contributed by atoms with E-state index in [0.717, 1.165) is 28.8 Å². The quantitative estimate of drug-likeness (QED) is 0.790. The van der Waals surface area contributed by atoms with E-state index < -0.39 is 0 Å². The number of hydrogen-bond acceptors (Lipinski definition) is 3. The largest absolute Gasteiger partial charge is 0.377 e. The highest BCUT2D eigenvalue weighted by Crippen LogP contribution is 2.31. The van der Waals surface area contributed by atoms with Gasteiger partial charge in [0.2, 0.25) is 0 Å². The molecule has 1 fully saturated rings. The normalized spacial score (nSPS) is 23.7. The molecule has 0 N–H and O–H groups in total. The molecule has 2 rings (SSSR count). The minimum absolute atomic E-state index is 0.120. The van der Waals surface area contributed by atoms with Crippen molar-refractivity contribution in [3.63, 3.8) is 0 Å². The number of nitrogens with zero attached hydrogens (tertiary/aromatic N) is 1. The average Bonchev–Trinajstić information content (AvgIpc) is 2.81. The van der Waals surface area contributed by atoms with Crippen molar-refractivity contribution >= 4 is 33.2 Å². The monoisotopic (exact) mass is 333 g/mol. The lowest BCUT2D eigenvalue weighted by molar-refractivity contribution is -0.00461. The third kappa shape index (κ3) is 2.82. The Morgan fingerprint density at radius 2 is 1.89 bits per heavy atom. The number of ether oxygens (including phenoxy) is 2. The number of benzene rings is 1. The first-order valence-electron chi connectivity index (χ1n) is 5.84. The van der Waals surface area contributed by atoms with Crippen LogP contribution in [0.1, 0.15) is 5.56 Å². The summed E-state index contributed by atoms with van der Waals surface area (Å²) in [4.78, 5) is 2.27. The van der Waals surface area contributed by atoms with Crippen LogP contribution in [0.25, 0.3) is 0 Å². The maximum atomic E-state index is 5.83. The standard InChI is InChI=1S/C13H17BrClNO2/c1-17-12-7-16(8-13(12)18-2)11-4-3-9(6-15)5-10(11)14/h3-5,12-13H,6-8H2,1-2H3. The van der Waals surface area contributed by atoms with Gasteiger partial charge >= 0.3 is 0 Å². The molecule has 3 nitrogen and oxygen atoms in total. The first-order valence-corrected chi connectivity index (χ1v) is 7.17. The molecule has 2 atom stereocenters. The Morgan fingerprint density at radius 1 is 1.28 bits per heavy atom. The Balaban J connectivity index is 2.18. The Kier molecular flexibility index (Phi) is 4.90. The van der Waals surface area contributed by atoms with Crippen LogP contribution in [0.2, 0.25) is 0 Å². The second kappa shape index (κ2) is 6.24. The molecular weight excluding hydrogens is 318 g/mol. The Labute approximate surface area is 121 Å². The molecule has 0 amide bonds. The molecule has 0 saturated carbocycles. The molecule has 1 aromatic carbocycles. The summed E-state index contributed by atoms with van der Waals surface area (Å²) in [5.41, 5.74) is 2.27. The van der Waals surface area contributed by atoms with Crippen LogP contribution in [-0.2, 0) is 15.4 Å². The predicted octanol–water partition coefficient (Wildman–Crippen LogP) is 3.04. The van der Waals surface area contributed by atoms with E-state index in [2.05, 4.69) is 39.0 Å². The van der Waals surface area contributed by atoms with Gasteiger partial charge in [0, 0.05) is 37.7 Å². The maximum Gasteiger partial charge on any atom is 0.102 e. The second-order valence-electron chi connectivity index (χ2n) is 4.37. The smallest absolute Gasteiger partial charge is 0.102 e. The lowest BCUT2D eigenvalue weighted by Crippen LogP contribution is -2.27. The number of halogens is 2. The average molecular weight is 335 g/mol. The van der Waals surface area contributed by atoms with Gasteiger partial charge in [-0.3, -0.25) is 0 Å². The lowest BCUT2D eigenvalue weighted by atomic mass is 10.2. The van der Waals surface area contributed by atoms with Crippen molar-refractivity contribution in [2.24, 2.45) is 0 Å². The fourth-order valence-corrected chi connectivity index (χ4v) is 3.13. The SMILES string of the molecule is COC1CN(c2ccc(CCl)cc2Br)CC1OC. The van der Waals surface area contributed by atoms with Crippen molar-refractivity contribution in [3.8, 4) is 0 Å². The first kappa shape index (κ1) is 14.1. The zero-order valence-corrected chi connectivity index (χ0v) is 12.9. The van der Waals surface area contributed by atoms with Crippen molar-refractivity contribution in [2.75, 3.05) is 32.2 Å². The highest BCUT2D eigenvalue weighted by Gasteiger charge is 2.33. The van der Waals surface area contributed by atoms with E-state index in [1.54, 1.807) is 14.2 Å². The summed E-state index contributed by atoms with van der Waals surface area (Å²) in [5, 5.41) is 0. The van der Waals surface area contributed by atoms with Crippen LogP contribution in [0.15, 0.2) is 22.7 Å². The van der Waals surface area contributed by atoms with Crippen molar-refractivity contribution in [1.29, 1.82) is 0 Å². The molecule has 5 heteroatoms. The van der Waals surface area contributed by atoms with Gasteiger partial charge in [-0.05, 0) is 33.6 Å². The van der Waals surface area contributed by atoms with E-state index in [1.165, 1.54) is 0 Å². The van der Waals surface area contributed by atoms with Gasteiger partial charge in [-0.25, -0.2) is 0 Å². The van der Waals surface area contributed by atoms with Gasteiger partial charge in [-0.1, -0.05) is 6.07 Å². The lowest BCUT2D eigenvalue weighted by Gasteiger charge is -2.20. The molecule has 0 aromatic heterocycles. The Hall–Kier alpha value is -0.290. The van der Waals surface area contributed by atoms with Gasteiger partial charge in [0.25, 0.3) is 0 Å². The molecule has 18 heavy (non-hydrogen) atoms. The van der Waals surface area contributed by atoms with Crippen molar-refractivity contribution in [3.05, 3.63) is 28.2 Å². The summed E-state index contributed by atoms with van der Waals surface area (Å²) in [5.74, 6) is 0.528. The fraction of sp³-hybridized carbons (Fsp3) is 0.538. The molecule has 2 unspecified atom stereocenters. The van der Waals surface area contributed by atoms with Crippen LogP contribution < -0.4 is 4.90 Å². The highest BCUT2D eigenvalue weighted by atomic mass is 79.9. The van der Waals surface area contributed by atoms with E-state index in [4.69, 9.17) is 21.1 Å². The molecule has 0 spiro atoms. The summed E-state index contributed by atoms with van der Waals surface area (Å²) >= 11 is 9.43. The van der Waals surface area contributed by atoms with Crippen LogP contribution >= 0.6 is 27.5 Å². The predicted molar refractivity (Wildman–Crippen MR) is 77.5 cm³/mol. The zero-order valence-electron chi connectivity index (χ0n) is 10.5. The third-order valence-corrected chi connectivity index (χ3v) is 4.27. The van der Waals surface area contributed by atoms with Crippen LogP contribution in [0, 0.1) is 0 Å². The maximum absolute atomic E-state index is 5.83. The Morgan fingerprint density at radius 3 is 2.33 bits per heavy atom. The van der Waals surface area contributed by atoms with Crippen molar-refractivity contribution in [1.82, 2.24) is 0 Å². The molecule has 100 valence electrons. The number of anilines is 1. The van der Waals surface area contributed by atoms with Crippen molar-refractivity contribution < 1.29 is 9.47 Å². The third-order valence-electron chi connectivity index (χ3n) is 3.33. The summed E-state index contributed by atoms with van der Waals surface area (Å²) in [6, 6.07) is 6.20. The molecule has 1 saturated heterocycles. The minimum atomic E-state index is 0.120. The fourth-order valence-electron chi connectivity index (χ4n) is 2.28. The minimum Gasteiger partial charge on any atom is -0.377 e. The summed E-state index contributed by atoms with van der Waals surface area (Å²) in [6.45, 7) is 1.68. The summed E-state index contributed by atoms with van der Waals surface area (Å²) in [7, 11) is 3.46. The molecule has 1 aliphatic heterocycles. The molecule has 0 bridgehead atoms. The van der Waals surface area contributed by atoms with Crippen molar-refractivity contribution in [2.45, 2.75) is 18.1 Å². The van der Waals surface area contributed by atoms with Gasteiger partial charge in [-0.2, -0.15) is 0 Å². The number of methoxy groups -OCH3 is 2. The van der Waals surface area contributed by atoms with Gasteiger partial charge < -0.3 is 14.4 Å². The molecule has 1 heterocycles. The van der Waals surface area contributed by atoms with E-state index in [1.807, 2.05) is 0 Å². The van der Waals surface area contributed by atoms with Gasteiger partial charge in [-0.15, -0.1) is 11.6 Å². The topological polar surface area (TPSA) is 21.7 Å². The number of rotatable bonds is 4. The molecule has 0 radical (unpaired) electrons. The molecule has 0 aliphatic carbocycles. The number of alkyl halides is 1. The van der Waals surface area contributed by atoms with E-state index >= 15 is 0 Å². The zero-order chi connectivity index (χ0) is 13.1. The molecular formula is C13H17BrClNO2. The Bertz CT molecular complexity index is 404. The summed E-state index contributed by atoms with van der Waals surface area (Å²) in [6.07, 6.45) is 0.240. The van der Waals surface area contributed by atoms with E-state index in [9.17, 15) is 0 Å². The van der Waals surface area contributed by atoms with Gasteiger partial charge in [0.1, 0.15) is 12.2 Å². The highest BCUT2D eigenvalue weighted by molar-refractivity contribution is 9.10. The van der Waals surface area contributed by atoms with Crippen LogP contribution in [0.4, 0.5) is 5.69 Å². The van der Waals surface area contributed by atoms with Crippen LogP contribution in [-0.4, -0.2) is 39.5 Å². The molecule has 1 aromatic rings. The van der Waals surface area contributed by atoms with Gasteiger partial charge in [0.05, 0.1) is 5.69 Å². The van der Waals surface area contributed by atoms with Crippen LogP contribution in [0.5, 0.6) is 0 Å². The second-order valence-corrected chi connectivity index (χ2v) is 5.49. The number of hydrogen-bond donors (Lipinski definition) is 0. The van der Waals surface area contributed by atoms with E-state index in [0.29, 0.717) is 5.88 Å². The molecule has 1 aliphatic rings. The van der Waals surface area contributed by atoms with Crippen LogP contribution in [0.3, 0.4) is 0 Å². The van der Waals surface area contributed by atoms with E-state index in [-0.39, 0.29) is 12.2 Å². The van der Waals surface area contributed by atoms with Gasteiger partial charge in [0.15, 0.2) is 0 Å². The first-order chi connectivity index (χ1) is 8.69.